The maximum Gasteiger partial charge on any atom is 0.317 e. The standard InChI is InChI=1S/C16H27N5OS/c1-11(2)15-18-14-5-4-13(10-21(14)19-15)17-16(22)20-7-9-23-8-6-12(20)3/h11-13H,4-10H2,1-3H3,(H,17,22)/t12-,13+/m0/s1. The summed E-state index contributed by atoms with van der Waals surface area (Å²) in [7, 11) is 0. The van der Waals surface area contributed by atoms with E-state index < -0.39 is 0 Å². The van der Waals surface area contributed by atoms with Crippen molar-refractivity contribution in [2.24, 2.45) is 0 Å². The van der Waals surface area contributed by atoms with Gasteiger partial charge in [-0.1, -0.05) is 13.8 Å². The number of urea groups is 1. The first-order chi connectivity index (χ1) is 11.0. The molecule has 2 amide bonds. The molecule has 2 aliphatic rings. The highest BCUT2D eigenvalue weighted by Crippen LogP contribution is 2.19. The molecule has 23 heavy (non-hydrogen) atoms. The van der Waals surface area contributed by atoms with Gasteiger partial charge in [-0.25, -0.2) is 14.5 Å². The van der Waals surface area contributed by atoms with Gasteiger partial charge in [-0.15, -0.1) is 0 Å². The highest BCUT2D eigenvalue weighted by Gasteiger charge is 2.27. The Morgan fingerprint density at radius 3 is 2.96 bits per heavy atom. The SMILES string of the molecule is CC(C)c1nc2n(n1)C[C@H](NC(=O)N1CCSCC[C@@H]1C)CC2. The smallest absolute Gasteiger partial charge is 0.317 e. The lowest BCUT2D eigenvalue weighted by Crippen LogP contribution is -2.50. The van der Waals surface area contributed by atoms with Gasteiger partial charge in [0.25, 0.3) is 0 Å². The Bertz CT molecular complexity index is 559. The molecule has 3 rings (SSSR count). The predicted molar refractivity (Wildman–Crippen MR) is 92.9 cm³/mol. The Morgan fingerprint density at radius 2 is 2.17 bits per heavy atom. The van der Waals surface area contributed by atoms with Crippen molar-refractivity contribution in [1.82, 2.24) is 25.0 Å². The second-order valence-electron chi connectivity index (χ2n) is 6.85. The minimum Gasteiger partial charge on any atom is -0.333 e. The summed E-state index contributed by atoms with van der Waals surface area (Å²) in [6.45, 7) is 7.95. The molecule has 0 aliphatic carbocycles. The zero-order valence-corrected chi connectivity index (χ0v) is 15.1. The number of aromatic nitrogens is 3. The van der Waals surface area contributed by atoms with E-state index in [1.807, 2.05) is 21.3 Å². The fourth-order valence-electron chi connectivity index (χ4n) is 3.14. The molecular formula is C16H27N5OS. The molecule has 1 aromatic rings. The Balaban J connectivity index is 1.61. The quantitative estimate of drug-likeness (QED) is 0.899. The normalized spacial score (nSPS) is 25.1. The van der Waals surface area contributed by atoms with Crippen LogP contribution in [0.1, 0.15) is 51.2 Å². The zero-order valence-electron chi connectivity index (χ0n) is 14.3. The molecule has 0 bridgehead atoms. The van der Waals surface area contributed by atoms with Crippen molar-refractivity contribution in [3.8, 4) is 0 Å². The number of carbonyl (C=O) groups is 1. The van der Waals surface area contributed by atoms with Crippen LogP contribution in [0, 0.1) is 0 Å². The molecule has 0 radical (unpaired) electrons. The van der Waals surface area contributed by atoms with Gasteiger partial charge in [0.05, 0.1) is 12.6 Å². The topological polar surface area (TPSA) is 63.1 Å². The molecule has 1 aromatic heterocycles. The lowest BCUT2D eigenvalue weighted by Gasteiger charge is -2.31. The minimum absolute atomic E-state index is 0.0812. The van der Waals surface area contributed by atoms with E-state index in [1.54, 1.807) is 0 Å². The molecule has 2 aliphatic heterocycles. The molecule has 0 saturated carbocycles. The van der Waals surface area contributed by atoms with Crippen LogP contribution < -0.4 is 5.32 Å². The molecule has 7 heteroatoms. The van der Waals surface area contributed by atoms with Crippen LogP contribution in [0.2, 0.25) is 0 Å². The third-order valence-corrected chi connectivity index (χ3v) is 5.66. The number of nitrogens with zero attached hydrogens (tertiary/aromatic N) is 4. The Morgan fingerprint density at radius 1 is 1.35 bits per heavy atom. The molecule has 0 spiro atoms. The molecule has 2 atom stereocenters. The molecule has 128 valence electrons. The summed E-state index contributed by atoms with van der Waals surface area (Å²) in [5, 5.41) is 7.80. The van der Waals surface area contributed by atoms with Gasteiger partial charge in [0.2, 0.25) is 0 Å². The number of rotatable bonds is 2. The van der Waals surface area contributed by atoms with Crippen LogP contribution >= 0.6 is 11.8 Å². The summed E-state index contributed by atoms with van der Waals surface area (Å²) in [6.07, 6.45) is 2.91. The maximum absolute atomic E-state index is 12.6. The number of hydrogen-bond acceptors (Lipinski definition) is 4. The van der Waals surface area contributed by atoms with E-state index >= 15 is 0 Å². The van der Waals surface area contributed by atoms with Gasteiger partial charge in [-0.3, -0.25) is 0 Å². The molecular weight excluding hydrogens is 310 g/mol. The Labute approximate surface area is 142 Å². The Hall–Kier alpha value is -1.24. The predicted octanol–water partition coefficient (Wildman–Crippen LogP) is 2.25. The second-order valence-corrected chi connectivity index (χ2v) is 8.08. The van der Waals surface area contributed by atoms with Crippen LogP contribution in [0.15, 0.2) is 0 Å². The van der Waals surface area contributed by atoms with Crippen LogP contribution in [0.5, 0.6) is 0 Å². The van der Waals surface area contributed by atoms with Gasteiger partial charge in [0.15, 0.2) is 5.82 Å². The molecule has 1 fully saturated rings. The fourth-order valence-corrected chi connectivity index (χ4v) is 4.18. The lowest BCUT2D eigenvalue weighted by atomic mass is 10.1. The largest absolute Gasteiger partial charge is 0.333 e. The number of fused-ring (bicyclic) bond motifs is 1. The number of nitrogens with one attached hydrogen (secondary N) is 1. The highest BCUT2D eigenvalue weighted by atomic mass is 32.2. The monoisotopic (exact) mass is 337 g/mol. The van der Waals surface area contributed by atoms with E-state index in [4.69, 9.17) is 0 Å². The van der Waals surface area contributed by atoms with E-state index in [0.717, 1.165) is 55.5 Å². The summed E-state index contributed by atoms with van der Waals surface area (Å²) < 4.78 is 1.98. The summed E-state index contributed by atoms with van der Waals surface area (Å²) in [4.78, 5) is 19.2. The lowest BCUT2D eigenvalue weighted by molar-refractivity contribution is 0.175. The van der Waals surface area contributed by atoms with Gasteiger partial charge in [-0.05, 0) is 25.5 Å². The second kappa shape index (κ2) is 7.11. The first-order valence-electron chi connectivity index (χ1n) is 8.63. The Kier molecular flexibility index (Phi) is 5.14. The van der Waals surface area contributed by atoms with Crippen molar-refractivity contribution >= 4 is 17.8 Å². The van der Waals surface area contributed by atoms with Gasteiger partial charge < -0.3 is 10.2 Å². The number of amides is 2. The van der Waals surface area contributed by atoms with E-state index in [9.17, 15) is 4.79 Å². The van der Waals surface area contributed by atoms with Crippen molar-refractivity contribution in [3.63, 3.8) is 0 Å². The molecule has 1 saturated heterocycles. The summed E-state index contributed by atoms with van der Waals surface area (Å²) in [5.41, 5.74) is 0. The van der Waals surface area contributed by atoms with E-state index in [2.05, 4.69) is 36.2 Å². The van der Waals surface area contributed by atoms with Gasteiger partial charge in [-0.2, -0.15) is 16.9 Å². The molecule has 1 N–H and O–H groups in total. The third-order valence-electron chi connectivity index (χ3n) is 4.67. The van der Waals surface area contributed by atoms with Crippen molar-refractivity contribution in [1.29, 1.82) is 0 Å². The van der Waals surface area contributed by atoms with Gasteiger partial charge in [0, 0.05) is 30.7 Å². The van der Waals surface area contributed by atoms with Gasteiger partial charge in [0.1, 0.15) is 5.82 Å². The molecule has 3 heterocycles. The zero-order chi connectivity index (χ0) is 16.4. The minimum atomic E-state index is 0.0812. The molecule has 0 unspecified atom stereocenters. The number of hydrogen-bond donors (Lipinski definition) is 1. The number of aryl methyl sites for hydroxylation is 1. The van der Waals surface area contributed by atoms with E-state index in [1.165, 1.54) is 0 Å². The van der Waals surface area contributed by atoms with Crippen LogP contribution in [0.3, 0.4) is 0 Å². The maximum atomic E-state index is 12.6. The third kappa shape index (κ3) is 3.82. The number of thioether (sulfide) groups is 1. The van der Waals surface area contributed by atoms with Crippen molar-refractivity contribution < 1.29 is 4.79 Å². The van der Waals surface area contributed by atoms with Crippen LogP contribution in [-0.2, 0) is 13.0 Å². The van der Waals surface area contributed by atoms with Gasteiger partial charge >= 0.3 is 6.03 Å². The van der Waals surface area contributed by atoms with Crippen LogP contribution in [0.25, 0.3) is 0 Å². The van der Waals surface area contributed by atoms with Crippen LogP contribution in [-0.4, -0.2) is 55.8 Å². The first-order valence-corrected chi connectivity index (χ1v) is 9.78. The summed E-state index contributed by atoms with van der Waals surface area (Å²) >= 11 is 1.94. The average Bonchev–Trinajstić information content (AvgIpc) is 2.82. The fraction of sp³-hybridized carbons (Fsp3) is 0.812. The highest BCUT2D eigenvalue weighted by molar-refractivity contribution is 7.99. The molecule has 0 aromatic carbocycles. The number of carbonyl (C=O) groups excluding carboxylic acids is 1. The van der Waals surface area contributed by atoms with E-state index in [0.29, 0.717) is 12.0 Å². The summed E-state index contributed by atoms with van der Waals surface area (Å²) in [5.74, 6) is 4.49. The first kappa shape index (κ1) is 16.6. The molecule has 6 nitrogen and oxygen atoms in total. The van der Waals surface area contributed by atoms with Crippen LogP contribution in [0.4, 0.5) is 4.79 Å². The van der Waals surface area contributed by atoms with E-state index in [-0.39, 0.29) is 12.1 Å². The summed E-state index contributed by atoms with van der Waals surface area (Å²) in [6, 6.07) is 0.556. The van der Waals surface area contributed by atoms with Crippen molar-refractivity contribution in [2.45, 2.75) is 64.6 Å². The average molecular weight is 337 g/mol. The van der Waals surface area contributed by atoms with Crippen molar-refractivity contribution in [2.75, 3.05) is 18.1 Å². The van der Waals surface area contributed by atoms with Crippen molar-refractivity contribution in [3.05, 3.63) is 11.6 Å².